The lowest BCUT2D eigenvalue weighted by Crippen LogP contribution is -2.48. The number of aromatic nitrogens is 1. The number of carbonyl (C=O) groups is 3. The van der Waals surface area contributed by atoms with Gasteiger partial charge in [0, 0.05) is 18.4 Å². The molecular formula is C33H33FN4O4. The van der Waals surface area contributed by atoms with Gasteiger partial charge in [-0.25, -0.2) is 14.0 Å². The second-order valence-corrected chi connectivity index (χ2v) is 10.0. The first-order valence-corrected chi connectivity index (χ1v) is 14.1. The molecule has 216 valence electrons. The molecule has 1 aliphatic rings. The number of hydrogen-bond donors (Lipinski definition) is 1. The van der Waals surface area contributed by atoms with Crippen molar-refractivity contribution in [1.29, 1.82) is 0 Å². The zero-order chi connectivity index (χ0) is 29.6. The van der Waals surface area contributed by atoms with Crippen LogP contribution in [0.3, 0.4) is 0 Å². The van der Waals surface area contributed by atoms with Crippen molar-refractivity contribution in [3.8, 4) is 5.69 Å². The average molecular weight is 569 g/mol. The van der Waals surface area contributed by atoms with Gasteiger partial charge in [0.2, 0.25) is 5.91 Å². The van der Waals surface area contributed by atoms with Gasteiger partial charge in [-0.05, 0) is 79.6 Å². The van der Waals surface area contributed by atoms with Gasteiger partial charge in [-0.2, -0.15) is 0 Å². The van der Waals surface area contributed by atoms with E-state index in [1.165, 1.54) is 17.0 Å². The molecule has 1 aromatic heterocycles. The Morgan fingerprint density at radius 2 is 1.62 bits per heavy atom. The molecule has 1 aliphatic heterocycles. The fraction of sp³-hybridized carbons (Fsp3) is 0.242. The Kier molecular flexibility index (Phi) is 8.66. The van der Waals surface area contributed by atoms with Crippen LogP contribution in [0.15, 0.2) is 91.1 Å². The number of nitrogens with one attached hydrogen (secondary N) is 1. The molecule has 0 spiro atoms. The zero-order valence-corrected chi connectivity index (χ0v) is 23.6. The summed E-state index contributed by atoms with van der Waals surface area (Å²) in [6.45, 7) is 4.24. The van der Waals surface area contributed by atoms with E-state index in [9.17, 15) is 18.8 Å². The van der Waals surface area contributed by atoms with Gasteiger partial charge in [0.05, 0.1) is 29.2 Å². The van der Waals surface area contributed by atoms with E-state index in [4.69, 9.17) is 4.74 Å². The molecule has 0 radical (unpaired) electrons. The Labute approximate surface area is 244 Å². The number of ether oxygens (including phenoxy) is 1. The highest BCUT2D eigenvalue weighted by Gasteiger charge is 2.37. The van der Waals surface area contributed by atoms with Crippen LogP contribution < -0.4 is 10.2 Å². The van der Waals surface area contributed by atoms with E-state index in [2.05, 4.69) is 5.32 Å². The van der Waals surface area contributed by atoms with Crippen molar-refractivity contribution in [2.45, 2.75) is 32.7 Å². The molecule has 2 heterocycles. The van der Waals surface area contributed by atoms with Crippen LogP contribution in [-0.4, -0.2) is 47.1 Å². The topological polar surface area (TPSA) is 83.9 Å². The SMILES string of the molecule is CCCCN(CC(=O)N1c2ccccc2-n2cccc2C1c1ccc(F)cc1)C(=O)Nc1ccc(C(=O)OCC)cc1. The molecule has 0 aliphatic carbocycles. The second-order valence-electron chi connectivity index (χ2n) is 10.0. The normalized spacial score (nSPS) is 13.6. The summed E-state index contributed by atoms with van der Waals surface area (Å²) in [5, 5.41) is 2.86. The smallest absolute Gasteiger partial charge is 0.338 e. The van der Waals surface area contributed by atoms with E-state index < -0.39 is 18.0 Å². The van der Waals surface area contributed by atoms with Gasteiger partial charge in [-0.15, -0.1) is 0 Å². The number of amides is 3. The summed E-state index contributed by atoms with van der Waals surface area (Å²) in [4.78, 5) is 42.9. The number of esters is 1. The number of halogens is 1. The molecule has 0 bridgehead atoms. The summed E-state index contributed by atoms with van der Waals surface area (Å²) in [5.74, 6) is -1.07. The maximum atomic E-state index is 14.2. The van der Waals surface area contributed by atoms with Crippen molar-refractivity contribution < 1.29 is 23.5 Å². The van der Waals surface area contributed by atoms with Crippen LogP contribution in [0.2, 0.25) is 0 Å². The van der Waals surface area contributed by atoms with Crippen LogP contribution in [0.4, 0.5) is 20.6 Å². The summed E-state index contributed by atoms with van der Waals surface area (Å²) in [5.41, 5.74) is 4.03. The third kappa shape index (κ3) is 5.90. The lowest BCUT2D eigenvalue weighted by molar-refractivity contribution is -0.119. The molecule has 1 atom stereocenters. The van der Waals surface area contributed by atoms with E-state index in [0.717, 1.165) is 23.4 Å². The van der Waals surface area contributed by atoms with Crippen LogP contribution in [0.5, 0.6) is 0 Å². The van der Waals surface area contributed by atoms with Gasteiger partial charge in [-0.1, -0.05) is 37.6 Å². The molecular weight excluding hydrogens is 535 g/mol. The fourth-order valence-electron chi connectivity index (χ4n) is 5.17. The Morgan fingerprint density at radius 3 is 2.31 bits per heavy atom. The van der Waals surface area contributed by atoms with Crippen molar-refractivity contribution in [2.75, 3.05) is 29.9 Å². The highest BCUT2D eigenvalue weighted by atomic mass is 19.1. The molecule has 0 saturated heterocycles. The number of para-hydroxylation sites is 2. The minimum atomic E-state index is -0.519. The number of hydrogen-bond acceptors (Lipinski definition) is 4. The summed E-state index contributed by atoms with van der Waals surface area (Å²) >= 11 is 0. The standard InChI is InChI=1S/C33H33FN4O4/c1-3-5-20-36(33(41)35-26-18-14-24(15-19-26)32(40)42-4-2)22-30(39)38-28-10-7-6-9-27(28)37-21-8-11-29(37)31(38)23-12-16-25(34)17-13-23/h6-19,21,31H,3-5,20,22H2,1-2H3,(H,35,41). The largest absolute Gasteiger partial charge is 0.462 e. The number of nitrogens with zero attached hydrogens (tertiary/aromatic N) is 3. The van der Waals surface area contributed by atoms with Gasteiger partial charge in [0.25, 0.3) is 0 Å². The van der Waals surface area contributed by atoms with Crippen molar-refractivity contribution in [3.05, 3.63) is 114 Å². The molecule has 1 N–H and O–H groups in total. The van der Waals surface area contributed by atoms with Crippen LogP contribution in [-0.2, 0) is 9.53 Å². The monoisotopic (exact) mass is 568 g/mol. The molecule has 42 heavy (non-hydrogen) atoms. The molecule has 3 amide bonds. The minimum absolute atomic E-state index is 0.167. The Balaban J connectivity index is 1.43. The van der Waals surface area contributed by atoms with Crippen LogP contribution >= 0.6 is 0 Å². The minimum Gasteiger partial charge on any atom is -0.462 e. The maximum Gasteiger partial charge on any atom is 0.338 e. The molecule has 5 rings (SSSR count). The van der Waals surface area contributed by atoms with Gasteiger partial charge >= 0.3 is 12.0 Å². The van der Waals surface area contributed by atoms with E-state index in [-0.39, 0.29) is 24.9 Å². The van der Waals surface area contributed by atoms with Crippen molar-refractivity contribution in [1.82, 2.24) is 9.47 Å². The van der Waals surface area contributed by atoms with Crippen LogP contribution in [0, 0.1) is 5.82 Å². The summed E-state index contributed by atoms with van der Waals surface area (Å²) in [6, 6.07) is 23.1. The number of anilines is 2. The number of rotatable bonds is 9. The first-order chi connectivity index (χ1) is 20.4. The van der Waals surface area contributed by atoms with Gasteiger partial charge in [0.1, 0.15) is 18.4 Å². The lowest BCUT2D eigenvalue weighted by Gasteiger charge is -2.39. The molecule has 3 aromatic carbocycles. The predicted octanol–water partition coefficient (Wildman–Crippen LogP) is 6.56. The maximum absolute atomic E-state index is 14.2. The van der Waals surface area contributed by atoms with Crippen molar-refractivity contribution in [2.24, 2.45) is 0 Å². The van der Waals surface area contributed by atoms with Gasteiger partial charge in [-0.3, -0.25) is 9.69 Å². The highest BCUT2D eigenvalue weighted by molar-refractivity contribution is 6.01. The summed E-state index contributed by atoms with van der Waals surface area (Å²) in [7, 11) is 0. The molecule has 8 nitrogen and oxygen atoms in total. The Morgan fingerprint density at radius 1 is 0.905 bits per heavy atom. The van der Waals surface area contributed by atoms with Gasteiger partial charge in [0.15, 0.2) is 0 Å². The van der Waals surface area contributed by atoms with Crippen LogP contribution in [0.25, 0.3) is 5.69 Å². The van der Waals surface area contributed by atoms with E-state index in [1.807, 2.05) is 54.1 Å². The molecule has 4 aromatic rings. The number of urea groups is 1. The number of unbranched alkanes of at least 4 members (excludes halogenated alkanes) is 1. The van der Waals surface area contributed by atoms with E-state index in [1.54, 1.807) is 48.2 Å². The van der Waals surface area contributed by atoms with Gasteiger partial charge < -0.3 is 19.5 Å². The van der Waals surface area contributed by atoms with Crippen LogP contribution in [0.1, 0.15) is 54.3 Å². The number of benzene rings is 3. The predicted molar refractivity (Wildman–Crippen MR) is 159 cm³/mol. The van der Waals surface area contributed by atoms with E-state index in [0.29, 0.717) is 29.9 Å². The first kappa shape index (κ1) is 28.6. The summed E-state index contributed by atoms with van der Waals surface area (Å²) < 4.78 is 20.9. The molecule has 9 heteroatoms. The second kappa shape index (κ2) is 12.7. The average Bonchev–Trinajstić information content (AvgIpc) is 3.49. The molecule has 0 fully saturated rings. The van der Waals surface area contributed by atoms with E-state index >= 15 is 0 Å². The third-order valence-corrected chi connectivity index (χ3v) is 7.22. The third-order valence-electron chi connectivity index (χ3n) is 7.22. The van der Waals surface area contributed by atoms with Crippen molar-refractivity contribution >= 4 is 29.3 Å². The quantitative estimate of drug-likeness (QED) is 0.232. The molecule has 1 unspecified atom stereocenters. The lowest BCUT2D eigenvalue weighted by atomic mass is 9.97. The summed E-state index contributed by atoms with van der Waals surface area (Å²) in [6.07, 6.45) is 3.49. The Hall–Kier alpha value is -4.92. The fourth-order valence-corrected chi connectivity index (χ4v) is 5.17. The zero-order valence-electron chi connectivity index (χ0n) is 23.6. The molecule has 0 saturated carbocycles. The Bertz CT molecular complexity index is 1570. The first-order valence-electron chi connectivity index (χ1n) is 14.1. The number of fused-ring (bicyclic) bond motifs is 3. The number of carbonyl (C=O) groups excluding carboxylic acids is 3. The van der Waals surface area contributed by atoms with Crippen molar-refractivity contribution in [3.63, 3.8) is 0 Å². The highest BCUT2D eigenvalue weighted by Crippen LogP contribution is 2.42.